The van der Waals surface area contributed by atoms with Gasteiger partial charge in [-0.25, -0.2) is 4.79 Å². The molecule has 0 radical (unpaired) electrons. The lowest BCUT2D eigenvalue weighted by atomic mass is 10.1. The molecule has 2 aromatic carbocycles. The zero-order valence-electron chi connectivity index (χ0n) is 16.8. The van der Waals surface area contributed by atoms with Crippen LogP contribution in [0.1, 0.15) is 11.1 Å². The van der Waals surface area contributed by atoms with Crippen LogP contribution in [0.15, 0.2) is 42.5 Å². The topological polar surface area (TPSA) is 66.1 Å². The number of benzene rings is 2. The molecule has 0 aromatic heterocycles. The molecule has 0 aliphatic carbocycles. The van der Waals surface area contributed by atoms with Gasteiger partial charge in [0.2, 0.25) is 0 Å². The molecule has 154 valence electrons. The van der Waals surface area contributed by atoms with E-state index in [1.807, 2.05) is 6.07 Å². The van der Waals surface area contributed by atoms with Gasteiger partial charge < -0.3 is 25.0 Å². The van der Waals surface area contributed by atoms with Crippen molar-refractivity contribution in [1.29, 1.82) is 0 Å². The summed E-state index contributed by atoms with van der Waals surface area (Å²) in [6.45, 7) is 7.00. The first-order chi connectivity index (χ1) is 14.2. The van der Waals surface area contributed by atoms with E-state index in [9.17, 15) is 4.79 Å². The monoisotopic (exact) mass is 396 g/mol. The molecule has 0 unspecified atom stereocenters. The smallest absolute Gasteiger partial charge is 0.319 e. The van der Waals surface area contributed by atoms with Crippen LogP contribution in [0.4, 0.5) is 10.5 Å². The standard InChI is InChI=1S/C22H28N4O3/c1-25-8-10-26(11-9-25)16-18-4-2-17(3-5-18)15-23-22(27)24-19-6-7-20-21(14-19)29-13-12-28-20/h2-7,14H,8-13,15-16H2,1H3,(H2,23,24,27). The zero-order valence-corrected chi connectivity index (χ0v) is 16.8. The number of hydrogen-bond donors (Lipinski definition) is 2. The lowest BCUT2D eigenvalue weighted by Gasteiger charge is -2.32. The fourth-order valence-electron chi connectivity index (χ4n) is 3.51. The van der Waals surface area contributed by atoms with Crippen molar-refractivity contribution in [3.63, 3.8) is 0 Å². The second kappa shape index (κ2) is 9.15. The van der Waals surface area contributed by atoms with Crippen molar-refractivity contribution in [2.45, 2.75) is 13.1 Å². The minimum absolute atomic E-state index is 0.247. The number of urea groups is 1. The van der Waals surface area contributed by atoms with E-state index in [0.717, 1.165) is 38.3 Å². The molecule has 0 bridgehead atoms. The third kappa shape index (κ3) is 5.40. The summed E-state index contributed by atoms with van der Waals surface area (Å²) in [6, 6.07) is 13.6. The number of anilines is 1. The first kappa shape index (κ1) is 19.5. The van der Waals surface area contributed by atoms with Crippen molar-refractivity contribution in [3.05, 3.63) is 53.6 Å². The van der Waals surface area contributed by atoms with E-state index in [1.54, 1.807) is 12.1 Å². The largest absolute Gasteiger partial charge is 0.486 e. The van der Waals surface area contributed by atoms with Crippen molar-refractivity contribution >= 4 is 11.7 Å². The number of ether oxygens (including phenoxy) is 2. The van der Waals surface area contributed by atoms with Crippen LogP contribution in [-0.4, -0.2) is 62.3 Å². The molecule has 2 heterocycles. The molecule has 29 heavy (non-hydrogen) atoms. The van der Waals surface area contributed by atoms with Gasteiger partial charge in [-0.1, -0.05) is 24.3 Å². The Hall–Kier alpha value is -2.77. The quantitative estimate of drug-likeness (QED) is 0.813. The van der Waals surface area contributed by atoms with Crippen LogP contribution in [0.3, 0.4) is 0 Å². The van der Waals surface area contributed by atoms with Crippen molar-refractivity contribution in [2.24, 2.45) is 0 Å². The third-order valence-corrected chi connectivity index (χ3v) is 5.28. The highest BCUT2D eigenvalue weighted by Crippen LogP contribution is 2.32. The van der Waals surface area contributed by atoms with E-state index in [4.69, 9.17) is 9.47 Å². The van der Waals surface area contributed by atoms with E-state index in [2.05, 4.69) is 51.7 Å². The number of nitrogens with one attached hydrogen (secondary N) is 2. The number of nitrogens with zero attached hydrogens (tertiary/aromatic N) is 2. The molecule has 2 N–H and O–H groups in total. The molecular weight excluding hydrogens is 368 g/mol. The summed E-state index contributed by atoms with van der Waals surface area (Å²) in [6.07, 6.45) is 0. The number of hydrogen-bond acceptors (Lipinski definition) is 5. The van der Waals surface area contributed by atoms with E-state index >= 15 is 0 Å². The molecule has 0 atom stereocenters. The molecule has 2 aliphatic rings. The van der Waals surface area contributed by atoms with Crippen LogP contribution in [-0.2, 0) is 13.1 Å². The number of likely N-dealkylation sites (N-methyl/N-ethyl adjacent to an activating group) is 1. The second-order valence-electron chi connectivity index (χ2n) is 7.56. The fourth-order valence-corrected chi connectivity index (χ4v) is 3.51. The fraction of sp³-hybridized carbons (Fsp3) is 0.409. The number of piperazine rings is 1. The number of fused-ring (bicyclic) bond motifs is 1. The van der Waals surface area contributed by atoms with E-state index in [-0.39, 0.29) is 6.03 Å². The number of carbonyl (C=O) groups is 1. The third-order valence-electron chi connectivity index (χ3n) is 5.28. The zero-order chi connectivity index (χ0) is 20.1. The summed E-state index contributed by atoms with van der Waals surface area (Å²) in [4.78, 5) is 17.0. The summed E-state index contributed by atoms with van der Waals surface area (Å²) in [5.74, 6) is 1.36. The summed E-state index contributed by atoms with van der Waals surface area (Å²) in [5.41, 5.74) is 3.05. The minimum Gasteiger partial charge on any atom is -0.486 e. The van der Waals surface area contributed by atoms with Crippen LogP contribution in [0.2, 0.25) is 0 Å². The molecule has 0 saturated carbocycles. The normalized spacial score (nSPS) is 17.0. The predicted octanol–water partition coefficient (Wildman–Crippen LogP) is 2.53. The van der Waals surface area contributed by atoms with Crippen LogP contribution in [0, 0.1) is 0 Å². The van der Waals surface area contributed by atoms with E-state index in [1.165, 1.54) is 5.56 Å². The summed E-state index contributed by atoms with van der Waals surface area (Å²) in [7, 11) is 2.17. The molecular formula is C22H28N4O3. The Balaban J connectivity index is 1.24. The predicted molar refractivity (Wildman–Crippen MR) is 113 cm³/mol. The Morgan fingerprint density at radius 1 is 0.931 bits per heavy atom. The van der Waals surface area contributed by atoms with Gasteiger partial charge in [0.15, 0.2) is 11.5 Å². The molecule has 0 spiro atoms. The number of amides is 2. The molecule has 2 amide bonds. The lowest BCUT2D eigenvalue weighted by Crippen LogP contribution is -2.43. The van der Waals surface area contributed by atoms with Crippen molar-refractivity contribution in [1.82, 2.24) is 15.1 Å². The van der Waals surface area contributed by atoms with Gasteiger partial charge >= 0.3 is 6.03 Å². The van der Waals surface area contributed by atoms with Crippen LogP contribution < -0.4 is 20.1 Å². The maximum atomic E-state index is 12.2. The van der Waals surface area contributed by atoms with Gasteiger partial charge in [-0.2, -0.15) is 0 Å². The van der Waals surface area contributed by atoms with Gasteiger partial charge in [0.05, 0.1) is 0 Å². The summed E-state index contributed by atoms with van der Waals surface area (Å²) in [5, 5.41) is 5.73. The summed E-state index contributed by atoms with van der Waals surface area (Å²) < 4.78 is 11.0. The molecule has 7 nitrogen and oxygen atoms in total. The average molecular weight is 396 g/mol. The first-order valence-corrected chi connectivity index (χ1v) is 10.1. The van der Waals surface area contributed by atoms with Gasteiger partial charge in [-0.15, -0.1) is 0 Å². The highest BCUT2D eigenvalue weighted by molar-refractivity contribution is 5.89. The van der Waals surface area contributed by atoms with Gasteiger partial charge in [0, 0.05) is 51.0 Å². The van der Waals surface area contributed by atoms with Gasteiger partial charge in [-0.3, -0.25) is 4.90 Å². The Morgan fingerprint density at radius 2 is 1.62 bits per heavy atom. The minimum atomic E-state index is -0.247. The molecule has 1 fully saturated rings. The molecule has 4 rings (SSSR count). The van der Waals surface area contributed by atoms with E-state index < -0.39 is 0 Å². The Morgan fingerprint density at radius 3 is 2.38 bits per heavy atom. The van der Waals surface area contributed by atoms with Crippen molar-refractivity contribution in [2.75, 3.05) is 51.8 Å². The first-order valence-electron chi connectivity index (χ1n) is 10.1. The maximum absolute atomic E-state index is 12.2. The van der Waals surface area contributed by atoms with Crippen LogP contribution in [0.25, 0.3) is 0 Å². The van der Waals surface area contributed by atoms with Crippen LogP contribution >= 0.6 is 0 Å². The Kier molecular flexibility index (Phi) is 6.17. The van der Waals surface area contributed by atoms with Gasteiger partial charge in [0.25, 0.3) is 0 Å². The average Bonchev–Trinajstić information content (AvgIpc) is 2.75. The lowest BCUT2D eigenvalue weighted by molar-refractivity contribution is 0.148. The second-order valence-corrected chi connectivity index (χ2v) is 7.56. The summed E-state index contributed by atoms with van der Waals surface area (Å²) >= 11 is 0. The molecule has 2 aliphatic heterocycles. The van der Waals surface area contributed by atoms with Crippen LogP contribution in [0.5, 0.6) is 11.5 Å². The van der Waals surface area contributed by atoms with Crippen molar-refractivity contribution < 1.29 is 14.3 Å². The SMILES string of the molecule is CN1CCN(Cc2ccc(CNC(=O)Nc3ccc4c(c3)OCCO4)cc2)CC1. The molecule has 2 aromatic rings. The Labute approximate surface area is 171 Å². The number of rotatable bonds is 5. The molecule has 1 saturated heterocycles. The highest BCUT2D eigenvalue weighted by atomic mass is 16.6. The highest BCUT2D eigenvalue weighted by Gasteiger charge is 2.14. The number of carbonyl (C=O) groups excluding carboxylic acids is 1. The Bertz CT molecular complexity index is 832. The molecule has 7 heteroatoms. The van der Waals surface area contributed by atoms with Crippen molar-refractivity contribution in [3.8, 4) is 11.5 Å². The van der Waals surface area contributed by atoms with E-state index in [0.29, 0.717) is 36.9 Å². The van der Waals surface area contributed by atoms with Gasteiger partial charge in [-0.05, 0) is 30.3 Å². The maximum Gasteiger partial charge on any atom is 0.319 e. The van der Waals surface area contributed by atoms with Gasteiger partial charge in [0.1, 0.15) is 13.2 Å².